The fraction of sp³-hybridized carbons (Fsp3) is 0.0556. The highest BCUT2D eigenvalue weighted by atomic mass is 35.5. The molecule has 0 unspecified atom stereocenters. The molecule has 2 aromatic rings. The van der Waals surface area contributed by atoms with E-state index in [1.54, 1.807) is 24.3 Å². The van der Waals surface area contributed by atoms with E-state index in [1.807, 2.05) is 24.3 Å². The van der Waals surface area contributed by atoms with Crippen LogP contribution in [0.3, 0.4) is 0 Å². The van der Waals surface area contributed by atoms with Crippen molar-refractivity contribution >= 4 is 34.8 Å². The number of terminal acetylenes is 1. The summed E-state index contributed by atoms with van der Waals surface area (Å²) in [5, 5.41) is 3.40. The van der Waals surface area contributed by atoms with Gasteiger partial charge in [-0.3, -0.25) is 4.79 Å². The SMILES string of the molecule is C#CCOc1ccccc1/C=C1\C(=O)Nc2ccc(Cl)cc21. The third kappa shape index (κ3) is 2.69. The van der Waals surface area contributed by atoms with Crippen LogP contribution in [0.25, 0.3) is 11.6 Å². The van der Waals surface area contributed by atoms with Gasteiger partial charge in [0.25, 0.3) is 5.91 Å². The van der Waals surface area contributed by atoms with Crippen molar-refractivity contribution in [3.05, 3.63) is 58.6 Å². The van der Waals surface area contributed by atoms with Crippen molar-refractivity contribution in [1.29, 1.82) is 0 Å². The van der Waals surface area contributed by atoms with Crippen molar-refractivity contribution < 1.29 is 9.53 Å². The Hall–Kier alpha value is -2.70. The molecule has 0 aliphatic carbocycles. The van der Waals surface area contributed by atoms with Crippen LogP contribution < -0.4 is 10.1 Å². The highest BCUT2D eigenvalue weighted by Gasteiger charge is 2.24. The van der Waals surface area contributed by atoms with Crippen LogP contribution in [-0.4, -0.2) is 12.5 Å². The zero-order valence-electron chi connectivity index (χ0n) is 11.6. The maximum atomic E-state index is 12.2. The fourth-order valence-corrected chi connectivity index (χ4v) is 2.48. The zero-order valence-corrected chi connectivity index (χ0v) is 12.4. The number of amides is 1. The Morgan fingerprint density at radius 2 is 2.09 bits per heavy atom. The molecule has 0 radical (unpaired) electrons. The number of fused-ring (bicyclic) bond motifs is 1. The molecule has 0 saturated carbocycles. The summed E-state index contributed by atoms with van der Waals surface area (Å²) < 4.78 is 5.51. The second-order valence-electron chi connectivity index (χ2n) is 4.73. The molecule has 3 rings (SSSR count). The predicted molar refractivity (Wildman–Crippen MR) is 88.7 cm³/mol. The first-order valence-corrected chi connectivity index (χ1v) is 7.05. The van der Waals surface area contributed by atoms with Gasteiger partial charge in [0.2, 0.25) is 0 Å². The number of hydrogen-bond acceptors (Lipinski definition) is 2. The summed E-state index contributed by atoms with van der Waals surface area (Å²) in [6.45, 7) is 0.175. The smallest absolute Gasteiger partial charge is 0.256 e. The molecule has 0 bridgehead atoms. The number of rotatable bonds is 3. The Labute approximate surface area is 133 Å². The topological polar surface area (TPSA) is 38.3 Å². The molecule has 0 spiro atoms. The second-order valence-corrected chi connectivity index (χ2v) is 5.17. The van der Waals surface area contributed by atoms with Gasteiger partial charge in [-0.2, -0.15) is 0 Å². The van der Waals surface area contributed by atoms with Crippen LogP contribution in [0.5, 0.6) is 5.75 Å². The minimum atomic E-state index is -0.163. The van der Waals surface area contributed by atoms with Crippen molar-refractivity contribution in [3.63, 3.8) is 0 Å². The summed E-state index contributed by atoms with van der Waals surface area (Å²) in [4.78, 5) is 12.2. The van der Waals surface area contributed by atoms with Crippen LogP contribution in [0, 0.1) is 12.3 Å². The van der Waals surface area contributed by atoms with Crippen LogP contribution in [-0.2, 0) is 4.79 Å². The number of nitrogens with one attached hydrogen (secondary N) is 1. The molecule has 1 heterocycles. The molecule has 4 heteroatoms. The summed E-state index contributed by atoms with van der Waals surface area (Å²) in [6, 6.07) is 12.7. The molecule has 2 aromatic carbocycles. The average Bonchev–Trinajstić information content (AvgIpc) is 2.82. The molecule has 108 valence electrons. The standard InChI is InChI=1S/C18H12ClNO2/c1-2-9-22-17-6-4-3-5-12(17)10-15-14-11-13(19)7-8-16(14)20-18(15)21/h1,3-8,10-11H,9H2,(H,20,21)/b15-10-. The monoisotopic (exact) mass is 309 g/mol. The van der Waals surface area contributed by atoms with Crippen molar-refractivity contribution in [2.75, 3.05) is 11.9 Å². The first-order chi connectivity index (χ1) is 10.7. The predicted octanol–water partition coefficient (Wildman–Crippen LogP) is 3.84. The number of ether oxygens (including phenoxy) is 1. The van der Waals surface area contributed by atoms with Gasteiger partial charge in [-0.05, 0) is 30.3 Å². The first kappa shape index (κ1) is 14.2. The number of halogens is 1. The van der Waals surface area contributed by atoms with E-state index in [1.165, 1.54) is 0 Å². The van der Waals surface area contributed by atoms with E-state index in [4.69, 9.17) is 22.8 Å². The molecule has 0 atom stereocenters. The van der Waals surface area contributed by atoms with Crippen molar-refractivity contribution in [1.82, 2.24) is 0 Å². The molecule has 1 aliphatic heterocycles. The van der Waals surface area contributed by atoms with Crippen LogP contribution in [0.4, 0.5) is 5.69 Å². The van der Waals surface area contributed by atoms with Crippen molar-refractivity contribution in [2.45, 2.75) is 0 Å². The van der Waals surface area contributed by atoms with E-state index < -0.39 is 0 Å². The lowest BCUT2D eigenvalue weighted by Crippen LogP contribution is -2.03. The molecule has 22 heavy (non-hydrogen) atoms. The van der Waals surface area contributed by atoms with Crippen LogP contribution >= 0.6 is 11.6 Å². The number of benzene rings is 2. The summed E-state index contributed by atoms with van der Waals surface area (Å²) in [7, 11) is 0. The lowest BCUT2D eigenvalue weighted by molar-refractivity contribution is -0.110. The first-order valence-electron chi connectivity index (χ1n) is 6.67. The van der Waals surface area contributed by atoms with E-state index in [0.717, 1.165) is 16.8 Å². The molecule has 1 amide bonds. The third-order valence-electron chi connectivity index (χ3n) is 3.29. The quantitative estimate of drug-likeness (QED) is 0.691. The normalized spacial score (nSPS) is 14.4. The van der Waals surface area contributed by atoms with Crippen molar-refractivity contribution in [3.8, 4) is 18.1 Å². The Morgan fingerprint density at radius 1 is 1.27 bits per heavy atom. The molecule has 1 aliphatic rings. The minimum absolute atomic E-state index is 0.163. The lowest BCUT2D eigenvalue weighted by atomic mass is 10.0. The van der Waals surface area contributed by atoms with Gasteiger partial charge in [-0.25, -0.2) is 0 Å². The van der Waals surface area contributed by atoms with Crippen molar-refractivity contribution in [2.24, 2.45) is 0 Å². The van der Waals surface area contributed by atoms with Gasteiger partial charge in [0.1, 0.15) is 12.4 Å². The van der Waals surface area contributed by atoms with E-state index in [0.29, 0.717) is 16.3 Å². The maximum absolute atomic E-state index is 12.2. The van der Waals surface area contributed by atoms with E-state index in [9.17, 15) is 4.79 Å². The Balaban J connectivity index is 2.05. The maximum Gasteiger partial charge on any atom is 0.256 e. The Bertz CT molecular complexity index is 818. The molecule has 0 aromatic heterocycles. The highest BCUT2D eigenvalue weighted by Crippen LogP contribution is 2.36. The summed E-state index contributed by atoms with van der Waals surface area (Å²) in [5.74, 6) is 2.90. The second kappa shape index (κ2) is 5.97. The molecular formula is C18H12ClNO2. The summed E-state index contributed by atoms with van der Waals surface area (Å²) in [6.07, 6.45) is 7.00. The lowest BCUT2D eigenvalue weighted by Gasteiger charge is -2.07. The Kier molecular flexibility index (Phi) is 3.86. The van der Waals surface area contributed by atoms with Crippen LogP contribution in [0.2, 0.25) is 5.02 Å². The Morgan fingerprint density at radius 3 is 2.91 bits per heavy atom. The summed E-state index contributed by atoms with van der Waals surface area (Å²) >= 11 is 6.03. The fourth-order valence-electron chi connectivity index (χ4n) is 2.31. The average molecular weight is 310 g/mol. The summed E-state index contributed by atoms with van der Waals surface area (Å²) in [5.41, 5.74) is 2.87. The minimum Gasteiger partial charge on any atom is -0.480 e. The van der Waals surface area contributed by atoms with E-state index >= 15 is 0 Å². The number of carbonyl (C=O) groups excluding carboxylic acids is 1. The number of carbonyl (C=O) groups is 1. The highest BCUT2D eigenvalue weighted by molar-refractivity contribution is 6.36. The van der Waals surface area contributed by atoms with Gasteiger partial charge in [0.05, 0.1) is 0 Å². The van der Waals surface area contributed by atoms with Gasteiger partial charge >= 0.3 is 0 Å². The number of para-hydroxylation sites is 1. The van der Waals surface area contributed by atoms with Gasteiger partial charge in [0, 0.05) is 27.4 Å². The van der Waals surface area contributed by atoms with Gasteiger partial charge in [0.15, 0.2) is 0 Å². The number of anilines is 1. The van der Waals surface area contributed by atoms with E-state index in [-0.39, 0.29) is 12.5 Å². The molecule has 0 fully saturated rings. The molecule has 3 nitrogen and oxygen atoms in total. The third-order valence-corrected chi connectivity index (χ3v) is 3.53. The van der Waals surface area contributed by atoms with Gasteiger partial charge in [-0.15, -0.1) is 6.42 Å². The number of hydrogen-bond donors (Lipinski definition) is 1. The van der Waals surface area contributed by atoms with Gasteiger partial charge < -0.3 is 10.1 Å². The van der Waals surface area contributed by atoms with Crippen LogP contribution in [0.1, 0.15) is 11.1 Å². The largest absolute Gasteiger partial charge is 0.480 e. The molecule has 0 saturated heterocycles. The van der Waals surface area contributed by atoms with E-state index in [2.05, 4.69) is 11.2 Å². The molecular weight excluding hydrogens is 298 g/mol. The molecule has 1 N–H and O–H groups in total. The zero-order chi connectivity index (χ0) is 15.5. The van der Waals surface area contributed by atoms with Gasteiger partial charge in [-0.1, -0.05) is 35.7 Å². The van der Waals surface area contributed by atoms with Crippen LogP contribution in [0.15, 0.2) is 42.5 Å².